The van der Waals surface area contributed by atoms with E-state index < -0.39 is 0 Å². The Bertz CT molecular complexity index is 354. The third-order valence-electron chi connectivity index (χ3n) is 7.12. The van der Waals surface area contributed by atoms with E-state index in [1.807, 2.05) is 0 Å². The molecular weight excluding hydrogens is 258 g/mol. The van der Waals surface area contributed by atoms with E-state index in [1.54, 1.807) is 0 Å². The van der Waals surface area contributed by atoms with Gasteiger partial charge in [-0.2, -0.15) is 0 Å². The first kappa shape index (κ1) is 15.8. The molecule has 2 heterocycles. The molecule has 0 amide bonds. The van der Waals surface area contributed by atoms with Crippen molar-refractivity contribution in [3.63, 3.8) is 0 Å². The third kappa shape index (κ3) is 3.16. The number of rotatable bonds is 2. The smallest absolute Gasteiger partial charge is 0.0223 e. The van der Waals surface area contributed by atoms with Crippen LogP contribution in [0.1, 0.15) is 52.9 Å². The van der Waals surface area contributed by atoms with Crippen LogP contribution in [0.2, 0.25) is 0 Å². The molecule has 0 radical (unpaired) electrons. The van der Waals surface area contributed by atoms with E-state index in [0.29, 0.717) is 17.4 Å². The molecule has 1 aliphatic carbocycles. The molecule has 2 aliphatic heterocycles. The first-order valence-electron chi connectivity index (χ1n) is 9.20. The van der Waals surface area contributed by atoms with Crippen LogP contribution >= 0.6 is 0 Å². The SMILES string of the molecule is CC1C(N)CCC(CN2CCN3CCCCC3C2)C1(C)C. The summed E-state index contributed by atoms with van der Waals surface area (Å²) in [4.78, 5) is 5.51. The topological polar surface area (TPSA) is 32.5 Å². The van der Waals surface area contributed by atoms with Crippen molar-refractivity contribution in [3.05, 3.63) is 0 Å². The second kappa shape index (κ2) is 6.17. The van der Waals surface area contributed by atoms with Crippen molar-refractivity contribution >= 4 is 0 Å². The van der Waals surface area contributed by atoms with Gasteiger partial charge in [-0.3, -0.25) is 4.90 Å². The molecule has 3 nitrogen and oxygen atoms in total. The Morgan fingerprint density at radius 2 is 1.86 bits per heavy atom. The Hall–Kier alpha value is -0.120. The summed E-state index contributed by atoms with van der Waals surface area (Å²) in [7, 11) is 0. The maximum absolute atomic E-state index is 6.32. The quantitative estimate of drug-likeness (QED) is 0.849. The summed E-state index contributed by atoms with van der Waals surface area (Å²) in [5, 5.41) is 0. The number of fused-ring (bicyclic) bond motifs is 1. The second-order valence-electron chi connectivity index (χ2n) is 8.49. The number of nitrogens with zero attached hydrogens (tertiary/aromatic N) is 2. The van der Waals surface area contributed by atoms with Crippen molar-refractivity contribution < 1.29 is 0 Å². The molecule has 0 aromatic rings. The van der Waals surface area contributed by atoms with Gasteiger partial charge in [-0.1, -0.05) is 27.2 Å². The van der Waals surface area contributed by atoms with E-state index in [4.69, 9.17) is 5.73 Å². The Balaban J connectivity index is 1.59. The van der Waals surface area contributed by atoms with Crippen LogP contribution in [-0.2, 0) is 0 Å². The molecule has 0 bridgehead atoms. The summed E-state index contributed by atoms with van der Waals surface area (Å²) in [5.74, 6) is 1.47. The summed E-state index contributed by atoms with van der Waals surface area (Å²) in [6.07, 6.45) is 6.82. The molecule has 3 fully saturated rings. The fourth-order valence-electron chi connectivity index (χ4n) is 4.96. The Kier molecular flexibility index (Phi) is 4.63. The molecular formula is C18H35N3. The highest BCUT2D eigenvalue weighted by atomic mass is 15.3. The van der Waals surface area contributed by atoms with E-state index in [0.717, 1.165) is 12.0 Å². The standard InChI is InChI=1S/C18H35N3/c1-14-17(19)8-7-15(18(14,2)3)12-20-10-11-21-9-5-4-6-16(21)13-20/h14-17H,4-13,19H2,1-3H3. The molecule has 2 saturated heterocycles. The lowest BCUT2D eigenvalue weighted by atomic mass is 9.61. The monoisotopic (exact) mass is 293 g/mol. The lowest BCUT2D eigenvalue weighted by Gasteiger charge is -2.50. The van der Waals surface area contributed by atoms with E-state index in [1.165, 1.54) is 64.8 Å². The zero-order chi connectivity index (χ0) is 15.0. The number of piperazine rings is 1. The van der Waals surface area contributed by atoms with Crippen LogP contribution in [-0.4, -0.2) is 54.6 Å². The molecule has 4 unspecified atom stereocenters. The van der Waals surface area contributed by atoms with Crippen LogP contribution < -0.4 is 5.73 Å². The number of nitrogens with two attached hydrogens (primary N) is 1. The van der Waals surface area contributed by atoms with Crippen molar-refractivity contribution in [3.8, 4) is 0 Å². The van der Waals surface area contributed by atoms with Gasteiger partial charge in [0, 0.05) is 38.3 Å². The predicted octanol–water partition coefficient (Wildman–Crippen LogP) is 2.56. The van der Waals surface area contributed by atoms with Gasteiger partial charge in [0.15, 0.2) is 0 Å². The molecule has 3 rings (SSSR count). The van der Waals surface area contributed by atoms with E-state index in [9.17, 15) is 0 Å². The lowest BCUT2D eigenvalue weighted by Crippen LogP contribution is -2.57. The fraction of sp³-hybridized carbons (Fsp3) is 1.00. The molecule has 4 atom stereocenters. The number of piperidine rings is 1. The van der Waals surface area contributed by atoms with Crippen LogP contribution in [0.4, 0.5) is 0 Å². The highest BCUT2D eigenvalue weighted by Gasteiger charge is 2.42. The fourth-order valence-corrected chi connectivity index (χ4v) is 4.96. The van der Waals surface area contributed by atoms with Crippen molar-refractivity contribution in [2.24, 2.45) is 23.0 Å². The average Bonchev–Trinajstić information content (AvgIpc) is 2.48. The molecule has 1 saturated carbocycles. The summed E-state index contributed by atoms with van der Waals surface area (Å²) >= 11 is 0. The molecule has 3 aliphatic rings. The van der Waals surface area contributed by atoms with E-state index in [-0.39, 0.29) is 0 Å². The van der Waals surface area contributed by atoms with Crippen LogP contribution in [0.25, 0.3) is 0 Å². The second-order valence-corrected chi connectivity index (χ2v) is 8.49. The maximum atomic E-state index is 6.32. The van der Waals surface area contributed by atoms with Crippen molar-refractivity contribution in [2.45, 2.75) is 65.0 Å². The van der Waals surface area contributed by atoms with Gasteiger partial charge in [0.05, 0.1) is 0 Å². The third-order valence-corrected chi connectivity index (χ3v) is 7.12. The van der Waals surface area contributed by atoms with Crippen LogP contribution in [0.3, 0.4) is 0 Å². The minimum absolute atomic E-state index is 0.390. The largest absolute Gasteiger partial charge is 0.327 e. The molecule has 21 heavy (non-hydrogen) atoms. The van der Waals surface area contributed by atoms with Crippen molar-refractivity contribution in [1.82, 2.24) is 9.80 Å². The summed E-state index contributed by atoms with van der Waals surface area (Å²) in [6.45, 7) is 13.8. The highest BCUT2D eigenvalue weighted by molar-refractivity contribution is 4.95. The summed E-state index contributed by atoms with van der Waals surface area (Å²) in [5.41, 5.74) is 6.71. The van der Waals surface area contributed by atoms with E-state index in [2.05, 4.69) is 30.6 Å². The maximum Gasteiger partial charge on any atom is 0.0223 e. The van der Waals surface area contributed by atoms with Crippen molar-refractivity contribution in [1.29, 1.82) is 0 Å². The Morgan fingerprint density at radius 3 is 2.67 bits per heavy atom. The molecule has 122 valence electrons. The van der Waals surface area contributed by atoms with Gasteiger partial charge in [0.1, 0.15) is 0 Å². The zero-order valence-electron chi connectivity index (χ0n) is 14.4. The number of hydrogen-bond acceptors (Lipinski definition) is 3. The molecule has 0 spiro atoms. The lowest BCUT2D eigenvalue weighted by molar-refractivity contribution is -0.00441. The average molecular weight is 293 g/mol. The van der Waals surface area contributed by atoms with Gasteiger partial charge in [0.25, 0.3) is 0 Å². The molecule has 2 N–H and O–H groups in total. The predicted molar refractivity (Wildman–Crippen MR) is 89.3 cm³/mol. The zero-order valence-corrected chi connectivity index (χ0v) is 14.4. The summed E-state index contributed by atoms with van der Waals surface area (Å²) < 4.78 is 0. The minimum Gasteiger partial charge on any atom is -0.327 e. The Labute approximate surface area is 131 Å². The van der Waals surface area contributed by atoms with Crippen LogP contribution in [0, 0.1) is 17.3 Å². The van der Waals surface area contributed by atoms with Gasteiger partial charge in [-0.25, -0.2) is 0 Å². The highest BCUT2D eigenvalue weighted by Crippen LogP contribution is 2.44. The normalized spacial score (nSPS) is 41.7. The van der Waals surface area contributed by atoms with Gasteiger partial charge < -0.3 is 10.6 Å². The first-order valence-corrected chi connectivity index (χ1v) is 9.20. The first-order chi connectivity index (χ1) is 9.98. The number of hydrogen-bond donors (Lipinski definition) is 1. The van der Waals surface area contributed by atoms with Gasteiger partial charge in [-0.15, -0.1) is 0 Å². The minimum atomic E-state index is 0.390. The van der Waals surface area contributed by atoms with Gasteiger partial charge in [-0.05, 0) is 49.5 Å². The summed E-state index contributed by atoms with van der Waals surface area (Å²) in [6, 6.07) is 1.25. The molecule has 0 aromatic heterocycles. The van der Waals surface area contributed by atoms with E-state index >= 15 is 0 Å². The Morgan fingerprint density at radius 1 is 1.05 bits per heavy atom. The van der Waals surface area contributed by atoms with Crippen LogP contribution in [0.5, 0.6) is 0 Å². The van der Waals surface area contributed by atoms with Crippen LogP contribution in [0.15, 0.2) is 0 Å². The van der Waals surface area contributed by atoms with Gasteiger partial charge >= 0.3 is 0 Å². The van der Waals surface area contributed by atoms with Crippen molar-refractivity contribution in [2.75, 3.05) is 32.7 Å². The molecule has 0 aromatic carbocycles. The molecule has 3 heteroatoms. The van der Waals surface area contributed by atoms with Gasteiger partial charge in [0.2, 0.25) is 0 Å².